The lowest BCUT2D eigenvalue weighted by Gasteiger charge is -2.34. The molecule has 3 aromatic carbocycles. The molecule has 4 rings (SSSR count). The second kappa shape index (κ2) is 11.0. The quantitative estimate of drug-likeness (QED) is 0.515. The minimum absolute atomic E-state index is 0.114. The number of hydrogen-bond donors (Lipinski definition) is 1. The molecule has 0 radical (unpaired) electrons. The summed E-state index contributed by atoms with van der Waals surface area (Å²) in [5.74, 6) is -0.114. The summed E-state index contributed by atoms with van der Waals surface area (Å²) in [5.41, 5.74) is 4.07. The molecule has 0 unspecified atom stereocenters. The van der Waals surface area contributed by atoms with Crippen LogP contribution in [0.2, 0.25) is 10.0 Å². The van der Waals surface area contributed by atoms with Gasteiger partial charge in [0.25, 0.3) is 5.91 Å². The highest BCUT2D eigenvalue weighted by atomic mass is 35.5. The van der Waals surface area contributed by atoms with Gasteiger partial charge in [0.2, 0.25) is 0 Å². The highest BCUT2D eigenvalue weighted by Gasteiger charge is 2.17. The van der Waals surface area contributed by atoms with Gasteiger partial charge in [0.15, 0.2) is 0 Å². The summed E-state index contributed by atoms with van der Waals surface area (Å²) in [4.78, 5) is 17.5. The summed E-state index contributed by atoms with van der Waals surface area (Å²) < 4.78 is 0. The molecule has 0 atom stereocenters. The Kier molecular flexibility index (Phi) is 7.82. The zero-order valence-corrected chi connectivity index (χ0v) is 19.4. The van der Waals surface area contributed by atoms with Crippen LogP contribution in [-0.2, 0) is 19.6 Å². The SMILES string of the molecule is O=C(NCc1ccc(Cl)cc1Cl)c1ccc(CN2CCN(Cc3ccccc3)CC2)cc1. The summed E-state index contributed by atoms with van der Waals surface area (Å²) in [6.07, 6.45) is 0. The van der Waals surface area contributed by atoms with Crippen molar-refractivity contribution < 1.29 is 4.79 Å². The number of halogens is 2. The monoisotopic (exact) mass is 467 g/mol. The first-order valence-corrected chi connectivity index (χ1v) is 11.6. The van der Waals surface area contributed by atoms with Gasteiger partial charge in [0.1, 0.15) is 0 Å². The average Bonchev–Trinajstić information content (AvgIpc) is 2.81. The number of rotatable bonds is 7. The van der Waals surface area contributed by atoms with Crippen LogP contribution >= 0.6 is 23.2 Å². The Morgan fingerprint density at radius 1 is 0.781 bits per heavy atom. The second-order valence-electron chi connectivity index (χ2n) is 8.15. The summed E-state index contributed by atoms with van der Waals surface area (Å²) >= 11 is 12.1. The third-order valence-electron chi connectivity index (χ3n) is 5.79. The number of hydrogen-bond acceptors (Lipinski definition) is 3. The molecule has 0 aromatic heterocycles. The number of carbonyl (C=O) groups is 1. The lowest BCUT2D eigenvalue weighted by Crippen LogP contribution is -2.45. The van der Waals surface area contributed by atoms with Gasteiger partial charge in [-0.05, 0) is 41.0 Å². The Morgan fingerprint density at radius 3 is 1.97 bits per heavy atom. The van der Waals surface area contributed by atoms with Crippen molar-refractivity contribution in [3.05, 3.63) is 105 Å². The standard InChI is InChI=1S/C26H27Cl2N3O/c27-24-11-10-23(25(28)16-24)17-29-26(32)22-8-6-21(7-9-22)19-31-14-12-30(13-15-31)18-20-4-2-1-3-5-20/h1-11,16H,12-15,17-19H2,(H,29,32). The van der Waals surface area contributed by atoms with E-state index in [0.717, 1.165) is 44.8 Å². The van der Waals surface area contributed by atoms with Crippen molar-refractivity contribution >= 4 is 29.1 Å². The van der Waals surface area contributed by atoms with E-state index in [0.29, 0.717) is 22.2 Å². The number of piperazine rings is 1. The Balaban J connectivity index is 1.23. The van der Waals surface area contributed by atoms with Crippen molar-refractivity contribution in [2.75, 3.05) is 26.2 Å². The van der Waals surface area contributed by atoms with Gasteiger partial charge in [-0.1, -0.05) is 71.7 Å². The number of nitrogens with one attached hydrogen (secondary N) is 1. The van der Waals surface area contributed by atoms with E-state index < -0.39 is 0 Å². The van der Waals surface area contributed by atoms with Crippen molar-refractivity contribution in [1.82, 2.24) is 15.1 Å². The zero-order valence-electron chi connectivity index (χ0n) is 17.9. The topological polar surface area (TPSA) is 35.6 Å². The van der Waals surface area contributed by atoms with Gasteiger partial charge in [-0.3, -0.25) is 14.6 Å². The largest absolute Gasteiger partial charge is 0.348 e. The highest BCUT2D eigenvalue weighted by Crippen LogP contribution is 2.21. The Labute approximate surface area is 199 Å². The van der Waals surface area contributed by atoms with Crippen molar-refractivity contribution in [2.45, 2.75) is 19.6 Å². The van der Waals surface area contributed by atoms with E-state index >= 15 is 0 Å². The van der Waals surface area contributed by atoms with Gasteiger partial charge in [0.05, 0.1) is 0 Å². The minimum atomic E-state index is -0.114. The van der Waals surface area contributed by atoms with Gasteiger partial charge < -0.3 is 5.32 Å². The highest BCUT2D eigenvalue weighted by molar-refractivity contribution is 6.35. The van der Waals surface area contributed by atoms with Crippen LogP contribution in [0.4, 0.5) is 0 Å². The molecule has 1 aliphatic heterocycles. The maximum Gasteiger partial charge on any atom is 0.251 e. The van der Waals surface area contributed by atoms with Crippen LogP contribution in [0.5, 0.6) is 0 Å². The zero-order chi connectivity index (χ0) is 22.3. The fourth-order valence-electron chi connectivity index (χ4n) is 3.91. The molecule has 0 spiro atoms. The van der Waals surface area contributed by atoms with E-state index in [4.69, 9.17) is 23.2 Å². The molecule has 6 heteroatoms. The third-order valence-corrected chi connectivity index (χ3v) is 6.38. The first-order valence-electron chi connectivity index (χ1n) is 10.9. The maximum absolute atomic E-state index is 12.5. The van der Waals surface area contributed by atoms with Gasteiger partial charge in [0, 0.05) is 61.4 Å². The molecule has 166 valence electrons. The molecule has 1 heterocycles. The third kappa shape index (κ3) is 6.33. The van der Waals surface area contributed by atoms with E-state index in [1.54, 1.807) is 12.1 Å². The molecule has 32 heavy (non-hydrogen) atoms. The van der Waals surface area contributed by atoms with Gasteiger partial charge in [-0.25, -0.2) is 0 Å². The molecule has 1 N–H and O–H groups in total. The molecule has 4 nitrogen and oxygen atoms in total. The van der Waals surface area contributed by atoms with E-state index in [9.17, 15) is 4.79 Å². The van der Waals surface area contributed by atoms with Crippen molar-refractivity contribution in [2.24, 2.45) is 0 Å². The number of benzene rings is 3. The fourth-order valence-corrected chi connectivity index (χ4v) is 4.38. The van der Waals surface area contributed by atoms with Crippen LogP contribution < -0.4 is 5.32 Å². The predicted octanol–water partition coefficient (Wildman–Crippen LogP) is 5.24. The molecule has 1 amide bonds. The lowest BCUT2D eigenvalue weighted by molar-refractivity contribution is 0.0951. The lowest BCUT2D eigenvalue weighted by atomic mass is 10.1. The molecule has 3 aromatic rings. The van der Waals surface area contributed by atoms with Crippen LogP contribution in [0.1, 0.15) is 27.0 Å². The van der Waals surface area contributed by atoms with E-state index in [1.807, 2.05) is 30.3 Å². The summed E-state index contributed by atoms with van der Waals surface area (Å²) in [5, 5.41) is 4.05. The summed E-state index contributed by atoms with van der Waals surface area (Å²) in [6.45, 7) is 6.53. The maximum atomic E-state index is 12.5. The molecule has 0 aliphatic carbocycles. The normalized spacial score (nSPS) is 14.9. The molecule has 1 saturated heterocycles. The van der Waals surface area contributed by atoms with Crippen molar-refractivity contribution in [3.63, 3.8) is 0 Å². The molecular formula is C26H27Cl2N3O. The number of nitrogens with zero attached hydrogens (tertiary/aromatic N) is 2. The average molecular weight is 468 g/mol. The predicted molar refractivity (Wildman–Crippen MR) is 131 cm³/mol. The molecular weight excluding hydrogens is 441 g/mol. The smallest absolute Gasteiger partial charge is 0.251 e. The number of amides is 1. The van der Waals surface area contributed by atoms with E-state index in [2.05, 4.69) is 45.4 Å². The molecule has 0 bridgehead atoms. The van der Waals surface area contributed by atoms with Crippen molar-refractivity contribution in [1.29, 1.82) is 0 Å². The van der Waals surface area contributed by atoms with Crippen LogP contribution in [0.3, 0.4) is 0 Å². The minimum Gasteiger partial charge on any atom is -0.348 e. The first kappa shape index (κ1) is 22.8. The van der Waals surface area contributed by atoms with Crippen molar-refractivity contribution in [3.8, 4) is 0 Å². The van der Waals surface area contributed by atoms with Crippen LogP contribution in [0.25, 0.3) is 0 Å². The Bertz CT molecular complexity index is 1030. The van der Waals surface area contributed by atoms with E-state index in [-0.39, 0.29) is 5.91 Å². The molecule has 1 aliphatic rings. The van der Waals surface area contributed by atoms with Crippen LogP contribution in [-0.4, -0.2) is 41.9 Å². The first-order chi connectivity index (χ1) is 15.6. The second-order valence-corrected chi connectivity index (χ2v) is 9.00. The van der Waals surface area contributed by atoms with Gasteiger partial charge in [-0.15, -0.1) is 0 Å². The molecule has 1 fully saturated rings. The summed E-state index contributed by atoms with van der Waals surface area (Å²) in [7, 11) is 0. The number of carbonyl (C=O) groups excluding carboxylic acids is 1. The fraction of sp³-hybridized carbons (Fsp3) is 0.269. The van der Waals surface area contributed by atoms with Gasteiger partial charge >= 0.3 is 0 Å². The Hall–Kier alpha value is -2.37. The Morgan fingerprint density at radius 2 is 1.38 bits per heavy atom. The summed E-state index contributed by atoms with van der Waals surface area (Å²) in [6, 6.07) is 23.8. The molecule has 0 saturated carbocycles. The van der Waals surface area contributed by atoms with Crippen LogP contribution in [0.15, 0.2) is 72.8 Å². The van der Waals surface area contributed by atoms with E-state index in [1.165, 1.54) is 11.1 Å². The van der Waals surface area contributed by atoms with Gasteiger partial charge in [-0.2, -0.15) is 0 Å². The van der Waals surface area contributed by atoms with Crippen LogP contribution in [0, 0.1) is 0 Å².